The first-order valence-electron chi connectivity index (χ1n) is 8.37. The molecule has 3 aromatic rings. The van der Waals surface area contributed by atoms with Crippen molar-refractivity contribution in [1.82, 2.24) is 24.5 Å². The third kappa shape index (κ3) is 2.87. The molecule has 4 rings (SSSR count). The van der Waals surface area contributed by atoms with Crippen molar-refractivity contribution in [2.75, 3.05) is 17.7 Å². The number of rotatable bonds is 5. The smallest absolute Gasteiger partial charge is 0.274 e. The summed E-state index contributed by atoms with van der Waals surface area (Å²) in [7, 11) is 3.44. The molecule has 0 unspecified atom stereocenters. The van der Waals surface area contributed by atoms with Gasteiger partial charge >= 0.3 is 0 Å². The van der Waals surface area contributed by atoms with Crippen LogP contribution >= 0.6 is 0 Å². The summed E-state index contributed by atoms with van der Waals surface area (Å²) in [6.07, 6.45) is 5.19. The Morgan fingerprint density at radius 2 is 2.12 bits per heavy atom. The quantitative estimate of drug-likeness (QED) is 0.634. The molecule has 1 fully saturated rings. The molecular weight excluding hydrogens is 334 g/mol. The van der Waals surface area contributed by atoms with Crippen LogP contribution in [0.5, 0.6) is 0 Å². The Hall–Kier alpha value is -3.36. The molecule has 1 saturated carbocycles. The third-order valence-electron chi connectivity index (χ3n) is 4.27. The van der Waals surface area contributed by atoms with Gasteiger partial charge < -0.3 is 20.5 Å². The fourth-order valence-electron chi connectivity index (χ4n) is 2.69. The van der Waals surface area contributed by atoms with Crippen LogP contribution in [0.3, 0.4) is 0 Å². The average molecular weight is 353 g/mol. The van der Waals surface area contributed by atoms with Crippen LogP contribution in [0.15, 0.2) is 35.4 Å². The molecule has 9 nitrogen and oxygen atoms in total. The Bertz CT molecular complexity index is 1050. The van der Waals surface area contributed by atoms with Gasteiger partial charge in [-0.15, -0.1) is 5.10 Å². The van der Waals surface area contributed by atoms with E-state index >= 15 is 0 Å². The van der Waals surface area contributed by atoms with Gasteiger partial charge in [-0.05, 0) is 25.0 Å². The second-order valence-electron chi connectivity index (χ2n) is 6.28. The first-order valence-corrected chi connectivity index (χ1v) is 8.37. The summed E-state index contributed by atoms with van der Waals surface area (Å²) in [6, 6.07) is 5.44. The summed E-state index contributed by atoms with van der Waals surface area (Å²) in [5.74, 6) is 0.228. The van der Waals surface area contributed by atoms with E-state index < -0.39 is 0 Å². The molecule has 1 aliphatic rings. The molecule has 134 valence electrons. The highest BCUT2D eigenvalue weighted by Crippen LogP contribution is 2.23. The van der Waals surface area contributed by atoms with Crippen molar-refractivity contribution in [2.24, 2.45) is 7.05 Å². The van der Waals surface area contributed by atoms with Gasteiger partial charge in [-0.25, -0.2) is 9.50 Å². The summed E-state index contributed by atoms with van der Waals surface area (Å²) in [5, 5.41) is 13.5. The Morgan fingerprint density at radius 1 is 1.31 bits per heavy atom. The van der Waals surface area contributed by atoms with Gasteiger partial charge in [0, 0.05) is 32.4 Å². The van der Waals surface area contributed by atoms with E-state index in [9.17, 15) is 9.59 Å². The van der Waals surface area contributed by atoms with Crippen molar-refractivity contribution >= 4 is 28.7 Å². The van der Waals surface area contributed by atoms with Gasteiger partial charge in [0.2, 0.25) is 0 Å². The number of aromatic nitrogens is 4. The van der Waals surface area contributed by atoms with E-state index in [1.807, 2.05) is 0 Å². The minimum Gasteiger partial charge on any atom is -0.385 e. The van der Waals surface area contributed by atoms with E-state index in [1.165, 1.54) is 15.3 Å². The van der Waals surface area contributed by atoms with Gasteiger partial charge in [-0.2, -0.15) is 0 Å². The van der Waals surface area contributed by atoms with E-state index in [4.69, 9.17) is 0 Å². The van der Waals surface area contributed by atoms with Crippen LogP contribution in [0, 0.1) is 0 Å². The lowest BCUT2D eigenvalue weighted by Gasteiger charge is -2.10. The van der Waals surface area contributed by atoms with E-state index in [0.717, 1.165) is 12.8 Å². The standard InChI is InChI=1S/C17H19N7O2/c1-18-12-8-14(21-11-4-3-7-23(2)17(11)26)22-24-13(9-19-15(12)24)16(25)20-10-5-6-10/h3-4,7-10,18H,5-6H2,1-2H3,(H,20,25)(H,21,22). The first-order chi connectivity index (χ1) is 12.6. The maximum atomic E-state index is 12.4. The average Bonchev–Trinajstić information content (AvgIpc) is 3.33. The second kappa shape index (κ2) is 6.17. The minimum absolute atomic E-state index is 0.169. The fraction of sp³-hybridized carbons (Fsp3) is 0.294. The van der Waals surface area contributed by atoms with Crippen molar-refractivity contribution < 1.29 is 4.79 Å². The zero-order valence-electron chi connectivity index (χ0n) is 14.5. The molecule has 0 radical (unpaired) electrons. The molecule has 9 heteroatoms. The fourth-order valence-corrected chi connectivity index (χ4v) is 2.69. The van der Waals surface area contributed by atoms with Gasteiger partial charge in [-0.1, -0.05) is 0 Å². The lowest BCUT2D eigenvalue weighted by atomic mass is 10.3. The van der Waals surface area contributed by atoms with Crippen LogP contribution in [0.4, 0.5) is 17.2 Å². The lowest BCUT2D eigenvalue weighted by Crippen LogP contribution is -2.27. The molecule has 3 heterocycles. The zero-order valence-corrected chi connectivity index (χ0v) is 14.5. The Labute approximate surface area is 149 Å². The molecule has 26 heavy (non-hydrogen) atoms. The second-order valence-corrected chi connectivity index (χ2v) is 6.28. The number of fused-ring (bicyclic) bond motifs is 1. The largest absolute Gasteiger partial charge is 0.385 e. The van der Waals surface area contributed by atoms with Crippen LogP contribution in [0.1, 0.15) is 23.3 Å². The van der Waals surface area contributed by atoms with Crippen molar-refractivity contribution in [3.63, 3.8) is 0 Å². The Kier molecular flexibility index (Phi) is 3.83. The predicted molar refractivity (Wildman–Crippen MR) is 98.0 cm³/mol. The molecular formula is C17H19N7O2. The molecule has 3 N–H and O–H groups in total. The molecule has 0 spiro atoms. The summed E-state index contributed by atoms with van der Waals surface area (Å²) < 4.78 is 2.96. The monoisotopic (exact) mass is 353 g/mol. The normalized spacial score (nSPS) is 13.6. The highest BCUT2D eigenvalue weighted by molar-refractivity contribution is 5.94. The van der Waals surface area contributed by atoms with Crippen molar-refractivity contribution in [3.8, 4) is 0 Å². The number of carbonyl (C=O) groups is 1. The topological polar surface area (TPSA) is 105 Å². The summed E-state index contributed by atoms with van der Waals surface area (Å²) >= 11 is 0. The number of hydrogen-bond donors (Lipinski definition) is 3. The number of pyridine rings is 1. The molecule has 0 bridgehead atoms. The minimum atomic E-state index is -0.206. The van der Waals surface area contributed by atoms with Gasteiger partial charge in [0.15, 0.2) is 17.2 Å². The molecule has 0 atom stereocenters. The van der Waals surface area contributed by atoms with E-state index in [2.05, 4.69) is 26.0 Å². The number of nitrogens with one attached hydrogen (secondary N) is 3. The van der Waals surface area contributed by atoms with Crippen molar-refractivity contribution in [2.45, 2.75) is 18.9 Å². The molecule has 0 aliphatic heterocycles. The maximum Gasteiger partial charge on any atom is 0.274 e. The predicted octanol–water partition coefficient (Wildman–Crippen LogP) is 1.11. The molecule has 0 saturated heterocycles. The number of hydrogen-bond acceptors (Lipinski definition) is 6. The number of amides is 1. The number of carbonyl (C=O) groups excluding carboxylic acids is 1. The molecule has 1 amide bonds. The van der Waals surface area contributed by atoms with Crippen LogP contribution in [0.2, 0.25) is 0 Å². The van der Waals surface area contributed by atoms with Crippen LogP contribution in [-0.4, -0.2) is 38.2 Å². The highest BCUT2D eigenvalue weighted by atomic mass is 16.2. The summed E-state index contributed by atoms with van der Waals surface area (Å²) in [5.41, 5.74) is 1.82. The van der Waals surface area contributed by atoms with Crippen molar-refractivity contribution in [1.29, 1.82) is 0 Å². The molecule has 0 aromatic carbocycles. The van der Waals surface area contributed by atoms with Crippen molar-refractivity contribution in [3.05, 3.63) is 46.6 Å². The Balaban J connectivity index is 1.76. The molecule has 1 aliphatic carbocycles. The van der Waals surface area contributed by atoms with E-state index in [0.29, 0.717) is 28.5 Å². The van der Waals surface area contributed by atoms with Gasteiger partial charge in [0.05, 0.1) is 11.9 Å². The number of aryl methyl sites for hydroxylation is 1. The first kappa shape index (κ1) is 16.1. The highest BCUT2D eigenvalue weighted by Gasteiger charge is 2.26. The zero-order chi connectivity index (χ0) is 18.3. The van der Waals surface area contributed by atoms with Crippen LogP contribution in [-0.2, 0) is 7.05 Å². The molecule has 3 aromatic heterocycles. The van der Waals surface area contributed by atoms with Gasteiger partial charge in [0.1, 0.15) is 5.69 Å². The number of anilines is 3. The van der Waals surface area contributed by atoms with Crippen LogP contribution < -0.4 is 21.5 Å². The summed E-state index contributed by atoms with van der Waals surface area (Å²) in [6.45, 7) is 0. The number of imidazole rings is 1. The maximum absolute atomic E-state index is 12.4. The number of nitrogens with zero attached hydrogens (tertiary/aromatic N) is 4. The van der Waals surface area contributed by atoms with E-state index in [-0.39, 0.29) is 17.5 Å². The van der Waals surface area contributed by atoms with Crippen LogP contribution in [0.25, 0.3) is 5.65 Å². The van der Waals surface area contributed by atoms with Gasteiger partial charge in [-0.3, -0.25) is 9.59 Å². The summed E-state index contributed by atoms with van der Waals surface area (Å²) in [4.78, 5) is 29.0. The SMILES string of the molecule is CNc1cc(Nc2cccn(C)c2=O)nn2c(C(=O)NC3CC3)cnc12. The van der Waals surface area contributed by atoms with E-state index in [1.54, 1.807) is 38.5 Å². The third-order valence-corrected chi connectivity index (χ3v) is 4.27. The van der Waals surface area contributed by atoms with Gasteiger partial charge in [0.25, 0.3) is 11.5 Å². The lowest BCUT2D eigenvalue weighted by molar-refractivity contribution is 0.0944. The Morgan fingerprint density at radius 3 is 2.85 bits per heavy atom.